The molecule has 1 aromatic heterocycles. The Morgan fingerprint density at radius 1 is 1.44 bits per heavy atom. The average Bonchev–Trinajstić information content (AvgIpc) is 2.57. The number of H-pyrrole nitrogens is 1. The molecule has 0 radical (unpaired) electrons. The van der Waals surface area contributed by atoms with Crippen LogP contribution >= 0.6 is 0 Å². The molecule has 0 atom stereocenters. The maximum atomic E-state index is 10.6. The molecular formula is C12H13NO3. The number of aliphatic carboxylic acids is 1. The highest BCUT2D eigenvalue weighted by molar-refractivity contribution is 5.88. The van der Waals surface area contributed by atoms with Crippen LogP contribution in [0.5, 0.6) is 5.75 Å². The number of aryl methyl sites for hydroxylation is 1. The number of fused-ring (bicyclic) bond motifs is 1. The predicted octanol–water partition coefficient (Wildman–Crippen LogP) is 2.11. The number of hydrogen-bond donors (Lipinski definition) is 2. The van der Waals surface area contributed by atoms with Gasteiger partial charge < -0.3 is 14.8 Å². The van der Waals surface area contributed by atoms with Crippen LogP contribution in [0.15, 0.2) is 18.2 Å². The zero-order valence-electron chi connectivity index (χ0n) is 9.20. The lowest BCUT2D eigenvalue weighted by atomic mass is 10.1. The van der Waals surface area contributed by atoms with Crippen molar-refractivity contribution >= 4 is 16.9 Å². The summed E-state index contributed by atoms with van der Waals surface area (Å²) < 4.78 is 5.25. The Bertz CT molecular complexity index is 542. The van der Waals surface area contributed by atoms with Crippen molar-refractivity contribution in [3.63, 3.8) is 0 Å². The Labute approximate surface area is 92.9 Å². The van der Waals surface area contributed by atoms with E-state index in [4.69, 9.17) is 9.84 Å². The van der Waals surface area contributed by atoms with Gasteiger partial charge in [0.25, 0.3) is 0 Å². The van der Waals surface area contributed by atoms with Gasteiger partial charge in [0, 0.05) is 11.1 Å². The molecule has 4 nitrogen and oxygen atoms in total. The number of methoxy groups -OCH3 is 1. The van der Waals surface area contributed by atoms with Crippen molar-refractivity contribution in [2.24, 2.45) is 0 Å². The fraction of sp³-hybridized carbons (Fsp3) is 0.250. The highest BCUT2D eigenvalue weighted by atomic mass is 16.5. The Morgan fingerprint density at radius 3 is 2.81 bits per heavy atom. The van der Waals surface area contributed by atoms with Gasteiger partial charge >= 0.3 is 5.97 Å². The average molecular weight is 219 g/mol. The Morgan fingerprint density at radius 2 is 2.19 bits per heavy atom. The Balaban J connectivity index is 2.55. The maximum absolute atomic E-state index is 10.6. The molecular weight excluding hydrogens is 206 g/mol. The van der Waals surface area contributed by atoms with Gasteiger partial charge in [0.1, 0.15) is 5.75 Å². The van der Waals surface area contributed by atoms with Crippen molar-refractivity contribution in [1.29, 1.82) is 0 Å². The van der Waals surface area contributed by atoms with Crippen LogP contribution in [0.25, 0.3) is 10.9 Å². The van der Waals surface area contributed by atoms with E-state index in [-0.39, 0.29) is 6.42 Å². The second kappa shape index (κ2) is 3.89. The van der Waals surface area contributed by atoms with Gasteiger partial charge in [-0.2, -0.15) is 0 Å². The molecule has 1 aromatic carbocycles. The Kier molecular flexibility index (Phi) is 2.56. The van der Waals surface area contributed by atoms with Crippen LogP contribution in [0, 0.1) is 6.92 Å². The van der Waals surface area contributed by atoms with Crippen LogP contribution < -0.4 is 4.74 Å². The first-order chi connectivity index (χ1) is 7.60. The quantitative estimate of drug-likeness (QED) is 0.831. The molecule has 4 heteroatoms. The van der Waals surface area contributed by atoms with E-state index >= 15 is 0 Å². The lowest BCUT2D eigenvalue weighted by molar-refractivity contribution is -0.136. The van der Waals surface area contributed by atoms with Crippen molar-refractivity contribution in [2.75, 3.05) is 7.11 Å². The van der Waals surface area contributed by atoms with Crippen molar-refractivity contribution in [3.05, 3.63) is 29.5 Å². The molecule has 2 N–H and O–H groups in total. The normalized spacial score (nSPS) is 10.6. The number of ether oxygens (including phenoxy) is 1. The Hall–Kier alpha value is -1.97. The third-order valence-corrected chi connectivity index (χ3v) is 2.45. The van der Waals surface area contributed by atoms with Gasteiger partial charge in [0.15, 0.2) is 0 Å². The highest BCUT2D eigenvalue weighted by Gasteiger charge is 2.09. The van der Waals surface area contributed by atoms with E-state index in [1.165, 1.54) is 0 Å². The smallest absolute Gasteiger partial charge is 0.309 e. The fourth-order valence-corrected chi connectivity index (χ4v) is 1.83. The molecule has 0 unspecified atom stereocenters. The summed E-state index contributed by atoms with van der Waals surface area (Å²) >= 11 is 0. The number of aromatic amines is 1. The minimum absolute atomic E-state index is 0.00309. The van der Waals surface area contributed by atoms with E-state index in [1.54, 1.807) is 7.11 Å². The van der Waals surface area contributed by atoms with E-state index in [1.807, 2.05) is 25.1 Å². The molecule has 0 aliphatic heterocycles. The summed E-state index contributed by atoms with van der Waals surface area (Å²) in [4.78, 5) is 13.7. The van der Waals surface area contributed by atoms with Crippen LogP contribution in [0.2, 0.25) is 0 Å². The van der Waals surface area contributed by atoms with Gasteiger partial charge in [-0.3, -0.25) is 4.79 Å². The zero-order chi connectivity index (χ0) is 11.7. The molecule has 2 rings (SSSR count). The molecule has 2 aromatic rings. The highest BCUT2D eigenvalue weighted by Crippen LogP contribution is 2.27. The standard InChI is InChI=1S/C12H13NO3/c1-7-3-8-5-9(6-11(14)15)13-12(8)10(4-7)16-2/h3-5,13H,6H2,1-2H3,(H,14,15). The number of benzene rings is 1. The van der Waals surface area contributed by atoms with Crippen LogP contribution in [-0.4, -0.2) is 23.2 Å². The first-order valence-corrected chi connectivity index (χ1v) is 4.98. The summed E-state index contributed by atoms with van der Waals surface area (Å²) in [6.07, 6.45) is -0.00309. The second-order valence-electron chi connectivity index (χ2n) is 3.80. The molecule has 16 heavy (non-hydrogen) atoms. The van der Waals surface area contributed by atoms with Gasteiger partial charge in [-0.05, 0) is 30.7 Å². The molecule has 0 fully saturated rings. The minimum atomic E-state index is -0.845. The molecule has 0 aliphatic carbocycles. The van der Waals surface area contributed by atoms with E-state index in [0.717, 1.165) is 22.2 Å². The molecule has 0 spiro atoms. The van der Waals surface area contributed by atoms with E-state index in [0.29, 0.717) is 5.69 Å². The molecule has 1 heterocycles. The van der Waals surface area contributed by atoms with E-state index in [2.05, 4.69) is 4.98 Å². The molecule has 0 aliphatic rings. The van der Waals surface area contributed by atoms with Crippen LogP contribution in [0.4, 0.5) is 0 Å². The maximum Gasteiger partial charge on any atom is 0.309 e. The largest absolute Gasteiger partial charge is 0.495 e. The molecule has 84 valence electrons. The van der Waals surface area contributed by atoms with Crippen molar-refractivity contribution in [3.8, 4) is 5.75 Å². The fourth-order valence-electron chi connectivity index (χ4n) is 1.83. The first-order valence-electron chi connectivity index (χ1n) is 4.98. The van der Waals surface area contributed by atoms with Gasteiger partial charge in [-0.25, -0.2) is 0 Å². The van der Waals surface area contributed by atoms with Crippen molar-refractivity contribution in [1.82, 2.24) is 4.98 Å². The van der Waals surface area contributed by atoms with Crippen LogP contribution in [0.3, 0.4) is 0 Å². The summed E-state index contributed by atoms with van der Waals surface area (Å²) in [7, 11) is 1.60. The molecule has 0 saturated carbocycles. The van der Waals surface area contributed by atoms with Gasteiger partial charge in [-0.15, -0.1) is 0 Å². The summed E-state index contributed by atoms with van der Waals surface area (Å²) in [6.45, 7) is 1.98. The first kappa shape index (κ1) is 10.5. The third-order valence-electron chi connectivity index (χ3n) is 2.45. The second-order valence-corrected chi connectivity index (χ2v) is 3.80. The van der Waals surface area contributed by atoms with Gasteiger partial charge in [-0.1, -0.05) is 0 Å². The third kappa shape index (κ3) is 1.86. The number of carboxylic acid groups (broad SMARTS) is 1. The predicted molar refractivity (Wildman–Crippen MR) is 60.9 cm³/mol. The summed E-state index contributed by atoms with van der Waals surface area (Å²) in [5.74, 6) is -0.103. The topological polar surface area (TPSA) is 62.3 Å². The van der Waals surface area contributed by atoms with Gasteiger partial charge in [0.05, 0.1) is 19.0 Å². The van der Waals surface area contributed by atoms with Crippen LogP contribution in [-0.2, 0) is 11.2 Å². The number of rotatable bonds is 3. The number of carboxylic acids is 1. The molecule has 0 saturated heterocycles. The zero-order valence-corrected chi connectivity index (χ0v) is 9.20. The number of hydrogen-bond acceptors (Lipinski definition) is 2. The number of aromatic nitrogens is 1. The van der Waals surface area contributed by atoms with E-state index in [9.17, 15) is 4.79 Å². The summed E-state index contributed by atoms with van der Waals surface area (Å²) in [5, 5.41) is 9.70. The van der Waals surface area contributed by atoms with Crippen molar-refractivity contribution < 1.29 is 14.6 Å². The number of carbonyl (C=O) groups is 1. The number of nitrogens with one attached hydrogen (secondary N) is 1. The molecule has 0 bridgehead atoms. The van der Waals surface area contributed by atoms with Gasteiger partial charge in [0.2, 0.25) is 0 Å². The molecule has 0 amide bonds. The lowest BCUT2D eigenvalue weighted by Crippen LogP contribution is -1.99. The minimum Gasteiger partial charge on any atom is -0.495 e. The summed E-state index contributed by atoms with van der Waals surface area (Å²) in [6, 6.07) is 5.77. The SMILES string of the molecule is COc1cc(C)cc2cc(CC(=O)O)[nH]c12. The lowest BCUT2D eigenvalue weighted by Gasteiger charge is -2.02. The van der Waals surface area contributed by atoms with Crippen molar-refractivity contribution in [2.45, 2.75) is 13.3 Å². The monoisotopic (exact) mass is 219 g/mol. The summed E-state index contributed by atoms with van der Waals surface area (Å²) in [5.41, 5.74) is 2.63. The van der Waals surface area contributed by atoms with E-state index < -0.39 is 5.97 Å². The van der Waals surface area contributed by atoms with Crippen LogP contribution in [0.1, 0.15) is 11.3 Å².